The molecule has 1 N–H and O–H groups in total. The molecule has 3 fully saturated rings. The van der Waals surface area contributed by atoms with Gasteiger partial charge in [-0.3, -0.25) is 0 Å². The molecular formula is C15H22O2. The summed E-state index contributed by atoms with van der Waals surface area (Å²) in [5, 5.41) is 9.13. The number of hydrogen-bond acceptors (Lipinski definition) is 1. The Labute approximate surface area is 103 Å². The third kappa shape index (κ3) is 1.56. The van der Waals surface area contributed by atoms with E-state index in [1.54, 1.807) is 6.92 Å². The van der Waals surface area contributed by atoms with Crippen LogP contribution in [-0.4, -0.2) is 11.1 Å². The number of carbonyl (C=O) groups is 1. The van der Waals surface area contributed by atoms with Crippen LogP contribution >= 0.6 is 0 Å². The highest BCUT2D eigenvalue weighted by Crippen LogP contribution is 2.62. The third-order valence-corrected chi connectivity index (χ3v) is 5.90. The molecule has 0 radical (unpaired) electrons. The van der Waals surface area contributed by atoms with Gasteiger partial charge in [-0.25, -0.2) is 4.79 Å². The summed E-state index contributed by atoms with van der Waals surface area (Å²) in [7, 11) is 0. The monoisotopic (exact) mass is 234 g/mol. The van der Waals surface area contributed by atoms with Crippen molar-refractivity contribution in [1.29, 1.82) is 0 Å². The molecule has 0 heterocycles. The van der Waals surface area contributed by atoms with Gasteiger partial charge in [-0.1, -0.05) is 5.57 Å². The molecule has 3 saturated carbocycles. The Morgan fingerprint density at radius 1 is 1.06 bits per heavy atom. The van der Waals surface area contributed by atoms with Crippen LogP contribution in [0.4, 0.5) is 0 Å². The minimum atomic E-state index is -0.728. The van der Waals surface area contributed by atoms with E-state index in [9.17, 15) is 4.79 Å². The van der Waals surface area contributed by atoms with E-state index in [4.69, 9.17) is 5.11 Å². The number of carboxylic acids is 1. The van der Waals surface area contributed by atoms with Gasteiger partial charge in [0.15, 0.2) is 0 Å². The molecular weight excluding hydrogens is 212 g/mol. The molecule has 0 amide bonds. The second-order valence-corrected chi connectivity index (χ2v) is 6.37. The van der Waals surface area contributed by atoms with Crippen LogP contribution in [0.3, 0.4) is 0 Å². The molecule has 0 spiro atoms. The maximum atomic E-state index is 11.1. The van der Waals surface area contributed by atoms with Gasteiger partial charge >= 0.3 is 5.97 Å². The highest BCUT2D eigenvalue weighted by molar-refractivity contribution is 5.86. The fourth-order valence-corrected chi connectivity index (χ4v) is 5.03. The van der Waals surface area contributed by atoms with Crippen molar-refractivity contribution < 1.29 is 9.90 Å². The quantitative estimate of drug-likeness (QED) is 0.743. The molecule has 0 aromatic carbocycles. The zero-order valence-corrected chi connectivity index (χ0v) is 10.8. The van der Waals surface area contributed by atoms with Crippen molar-refractivity contribution in [3.8, 4) is 0 Å². The Bertz CT molecular complexity index is 382. The van der Waals surface area contributed by atoms with Crippen molar-refractivity contribution in [3.63, 3.8) is 0 Å². The van der Waals surface area contributed by atoms with E-state index >= 15 is 0 Å². The van der Waals surface area contributed by atoms with Crippen LogP contribution in [0, 0.1) is 29.6 Å². The highest BCUT2D eigenvalue weighted by Gasteiger charge is 2.53. The van der Waals surface area contributed by atoms with Gasteiger partial charge < -0.3 is 5.11 Å². The lowest BCUT2D eigenvalue weighted by molar-refractivity contribution is -0.132. The van der Waals surface area contributed by atoms with Crippen molar-refractivity contribution in [2.24, 2.45) is 29.6 Å². The molecule has 2 bridgehead atoms. The van der Waals surface area contributed by atoms with E-state index in [0.29, 0.717) is 11.5 Å². The molecule has 0 aliphatic heterocycles. The van der Waals surface area contributed by atoms with Crippen LogP contribution < -0.4 is 0 Å². The molecule has 3 aliphatic rings. The Morgan fingerprint density at radius 3 is 2.47 bits per heavy atom. The molecule has 94 valence electrons. The minimum absolute atomic E-state index is 0.575. The molecule has 0 saturated heterocycles. The van der Waals surface area contributed by atoms with Crippen LogP contribution in [0.5, 0.6) is 0 Å². The van der Waals surface area contributed by atoms with E-state index in [0.717, 1.165) is 29.2 Å². The number of allylic oxidation sites excluding steroid dienone is 1. The largest absolute Gasteiger partial charge is 0.478 e. The first-order valence-electron chi connectivity index (χ1n) is 7.00. The normalized spacial score (nSPS) is 44.7. The summed E-state index contributed by atoms with van der Waals surface area (Å²) in [6.45, 7) is 3.83. The van der Waals surface area contributed by atoms with Gasteiger partial charge in [-0.2, -0.15) is 0 Å². The van der Waals surface area contributed by atoms with Gasteiger partial charge in [-0.05, 0) is 75.5 Å². The molecule has 3 aliphatic carbocycles. The lowest BCUT2D eigenvalue weighted by Gasteiger charge is -2.30. The Kier molecular flexibility index (Phi) is 2.57. The predicted molar refractivity (Wildman–Crippen MR) is 66.5 cm³/mol. The smallest absolute Gasteiger partial charge is 0.331 e. The molecule has 2 nitrogen and oxygen atoms in total. The second kappa shape index (κ2) is 3.86. The Morgan fingerprint density at radius 2 is 1.76 bits per heavy atom. The third-order valence-electron chi connectivity index (χ3n) is 5.90. The Hall–Kier alpha value is -0.790. The maximum absolute atomic E-state index is 11.1. The molecule has 2 heteroatoms. The van der Waals surface area contributed by atoms with Gasteiger partial charge in [0.25, 0.3) is 0 Å². The minimum Gasteiger partial charge on any atom is -0.478 e. The first-order valence-corrected chi connectivity index (χ1v) is 7.00. The first kappa shape index (κ1) is 11.3. The van der Waals surface area contributed by atoms with Crippen molar-refractivity contribution in [2.45, 2.75) is 46.0 Å². The zero-order chi connectivity index (χ0) is 12.2. The summed E-state index contributed by atoms with van der Waals surface area (Å²) >= 11 is 0. The summed E-state index contributed by atoms with van der Waals surface area (Å²) in [4.78, 5) is 11.1. The van der Waals surface area contributed by atoms with Crippen molar-refractivity contribution >= 4 is 5.97 Å². The van der Waals surface area contributed by atoms with Crippen molar-refractivity contribution in [3.05, 3.63) is 11.1 Å². The standard InChI is InChI=1S/C15H22O2/c1-8(9(2)15(16)17)12-5-6-13-10-3-4-11(7-10)14(12)13/h10-14H,3-7H2,1-2H3,(H,16,17). The summed E-state index contributed by atoms with van der Waals surface area (Å²) in [6.07, 6.45) is 6.87. The summed E-state index contributed by atoms with van der Waals surface area (Å²) in [5.74, 6) is 3.49. The van der Waals surface area contributed by atoms with Gasteiger partial charge in [0.05, 0.1) is 0 Å². The number of rotatable bonds is 2. The van der Waals surface area contributed by atoms with Crippen LogP contribution in [0.25, 0.3) is 0 Å². The predicted octanol–water partition coefficient (Wildman–Crippen LogP) is 3.48. The average Bonchev–Trinajstić information content (AvgIpc) is 2.98. The van der Waals surface area contributed by atoms with E-state index in [1.807, 2.05) is 0 Å². The highest BCUT2D eigenvalue weighted by atomic mass is 16.4. The number of aliphatic carboxylic acids is 1. The molecule has 5 unspecified atom stereocenters. The molecule has 17 heavy (non-hydrogen) atoms. The number of fused-ring (bicyclic) bond motifs is 5. The lowest BCUT2D eigenvalue weighted by atomic mass is 9.75. The molecule has 0 aromatic heterocycles. The van der Waals surface area contributed by atoms with Gasteiger partial charge in [-0.15, -0.1) is 0 Å². The van der Waals surface area contributed by atoms with E-state index in [-0.39, 0.29) is 0 Å². The van der Waals surface area contributed by atoms with Gasteiger partial charge in [0, 0.05) is 5.57 Å². The van der Waals surface area contributed by atoms with E-state index < -0.39 is 5.97 Å². The van der Waals surface area contributed by atoms with Crippen LogP contribution in [0.15, 0.2) is 11.1 Å². The summed E-state index contributed by atoms with van der Waals surface area (Å²) < 4.78 is 0. The Balaban J connectivity index is 1.86. The zero-order valence-electron chi connectivity index (χ0n) is 10.8. The van der Waals surface area contributed by atoms with E-state index in [2.05, 4.69) is 6.92 Å². The molecule has 0 aromatic rings. The number of carboxylic acid groups (broad SMARTS) is 1. The fourth-order valence-electron chi connectivity index (χ4n) is 5.03. The lowest BCUT2D eigenvalue weighted by Crippen LogP contribution is -2.23. The second-order valence-electron chi connectivity index (χ2n) is 6.37. The van der Waals surface area contributed by atoms with Crippen molar-refractivity contribution in [2.75, 3.05) is 0 Å². The van der Waals surface area contributed by atoms with Crippen LogP contribution in [0.1, 0.15) is 46.0 Å². The molecule has 5 atom stereocenters. The topological polar surface area (TPSA) is 37.3 Å². The van der Waals surface area contributed by atoms with Gasteiger partial charge in [0.2, 0.25) is 0 Å². The summed E-state index contributed by atoms with van der Waals surface area (Å²) in [6, 6.07) is 0. The SMILES string of the molecule is CC(C(=O)O)=C(C)C1CCC2C3CCC(C3)C12. The number of hydrogen-bond donors (Lipinski definition) is 1. The van der Waals surface area contributed by atoms with Crippen molar-refractivity contribution in [1.82, 2.24) is 0 Å². The summed E-state index contributed by atoms with van der Waals surface area (Å²) in [5.41, 5.74) is 1.76. The first-order chi connectivity index (χ1) is 8.09. The maximum Gasteiger partial charge on any atom is 0.331 e. The van der Waals surface area contributed by atoms with E-state index in [1.165, 1.54) is 32.1 Å². The fraction of sp³-hybridized carbons (Fsp3) is 0.800. The molecule has 3 rings (SSSR count). The average molecular weight is 234 g/mol. The van der Waals surface area contributed by atoms with Gasteiger partial charge in [0.1, 0.15) is 0 Å². The van der Waals surface area contributed by atoms with Crippen LogP contribution in [0.2, 0.25) is 0 Å². The van der Waals surface area contributed by atoms with Crippen LogP contribution in [-0.2, 0) is 4.79 Å².